The molecule has 6 heteroatoms. The van der Waals surface area contributed by atoms with Gasteiger partial charge in [-0.05, 0) is 44.8 Å². The maximum absolute atomic E-state index is 13.8. The highest BCUT2D eigenvalue weighted by molar-refractivity contribution is 6.62. The number of carbonyl (C=O) groups is 1. The summed E-state index contributed by atoms with van der Waals surface area (Å²) >= 11 is 0. The van der Waals surface area contributed by atoms with Gasteiger partial charge in [-0.3, -0.25) is 4.79 Å². The second kappa shape index (κ2) is 4.05. The Bertz CT molecular complexity index is 584. The molecule has 3 rings (SSSR count). The number of nitrogens with one attached hydrogen (secondary N) is 1. The van der Waals surface area contributed by atoms with Crippen molar-refractivity contribution in [3.8, 4) is 0 Å². The van der Waals surface area contributed by atoms with Crippen molar-refractivity contribution in [3.63, 3.8) is 0 Å². The molecule has 20 heavy (non-hydrogen) atoms. The molecule has 0 aromatic heterocycles. The Hall–Kier alpha value is -1.40. The van der Waals surface area contributed by atoms with E-state index in [1.807, 2.05) is 27.7 Å². The van der Waals surface area contributed by atoms with Crippen LogP contribution in [0.2, 0.25) is 0 Å². The van der Waals surface area contributed by atoms with E-state index < -0.39 is 24.1 Å². The average molecular weight is 277 g/mol. The van der Waals surface area contributed by atoms with E-state index in [0.29, 0.717) is 12.1 Å². The van der Waals surface area contributed by atoms with Crippen LogP contribution >= 0.6 is 0 Å². The van der Waals surface area contributed by atoms with Crippen molar-refractivity contribution in [2.45, 2.75) is 45.4 Å². The zero-order valence-corrected chi connectivity index (χ0v) is 12.0. The van der Waals surface area contributed by atoms with Crippen LogP contribution in [0.3, 0.4) is 0 Å². The van der Waals surface area contributed by atoms with Crippen molar-refractivity contribution in [2.24, 2.45) is 0 Å². The Balaban J connectivity index is 2.04. The van der Waals surface area contributed by atoms with Crippen molar-refractivity contribution >= 4 is 18.5 Å². The van der Waals surface area contributed by atoms with E-state index in [0.717, 1.165) is 5.46 Å². The van der Waals surface area contributed by atoms with Crippen molar-refractivity contribution in [1.29, 1.82) is 0 Å². The van der Waals surface area contributed by atoms with Crippen LogP contribution in [0, 0.1) is 5.82 Å². The Morgan fingerprint density at radius 1 is 1.20 bits per heavy atom. The maximum atomic E-state index is 13.8. The van der Waals surface area contributed by atoms with Gasteiger partial charge in [-0.2, -0.15) is 0 Å². The van der Waals surface area contributed by atoms with E-state index in [-0.39, 0.29) is 11.5 Å². The Morgan fingerprint density at radius 3 is 2.40 bits per heavy atom. The molecule has 1 saturated heterocycles. The molecule has 0 unspecified atom stereocenters. The molecule has 2 heterocycles. The van der Waals surface area contributed by atoms with Crippen LogP contribution in [-0.2, 0) is 15.9 Å². The van der Waals surface area contributed by atoms with E-state index in [1.54, 1.807) is 6.07 Å². The van der Waals surface area contributed by atoms with Gasteiger partial charge in [-0.15, -0.1) is 0 Å². The van der Waals surface area contributed by atoms with E-state index in [9.17, 15) is 9.18 Å². The van der Waals surface area contributed by atoms with Gasteiger partial charge in [0.15, 0.2) is 0 Å². The predicted molar refractivity (Wildman–Crippen MR) is 73.3 cm³/mol. The Labute approximate surface area is 117 Å². The normalized spacial score (nSPS) is 22.9. The molecule has 1 amide bonds. The monoisotopic (exact) mass is 277 g/mol. The van der Waals surface area contributed by atoms with Crippen molar-refractivity contribution in [3.05, 3.63) is 29.1 Å². The molecule has 0 aliphatic carbocycles. The fraction of sp³-hybridized carbons (Fsp3) is 0.500. The molecular weight excluding hydrogens is 260 g/mol. The summed E-state index contributed by atoms with van der Waals surface area (Å²) in [5, 5.41) is 2.64. The quantitative estimate of drug-likeness (QED) is 0.789. The summed E-state index contributed by atoms with van der Waals surface area (Å²) in [6.07, 6.45) is 0. The molecule has 1 fully saturated rings. The summed E-state index contributed by atoms with van der Waals surface area (Å²) in [7, 11) is -0.581. The van der Waals surface area contributed by atoms with E-state index in [1.165, 1.54) is 6.07 Å². The second-order valence-electron chi connectivity index (χ2n) is 6.26. The fourth-order valence-corrected chi connectivity index (χ4v) is 2.52. The van der Waals surface area contributed by atoms with Crippen LogP contribution in [0.5, 0.6) is 0 Å². The highest BCUT2D eigenvalue weighted by Crippen LogP contribution is 2.37. The van der Waals surface area contributed by atoms with Crippen LogP contribution in [0.25, 0.3) is 0 Å². The first kappa shape index (κ1) is 13.6. The number of carbonyl (C=O) groups excluding carboxylic acids is 1. The van der Waals surface area contributed by atoms with E-state index >= 15 is 0 Å². The minimum absolute atomic E-state index is 0.109. The number of rotatable bonds is 1. The Morgan fingerprint density at radius 2 is 1.80 bits per heavy atom. The maximum Gasteiger partial charge on any atom is 0.495 e. The summed E-state index contributed by atoms with van der Waals surface area (Å²) in [5.74, 6) is -0.883. The van der Waals surface area contributed by atoms with Gasteiger partial charge < -0.3 is 14.6 Å². The van der Waals surface area contributed by atoms with E-state index in [2.05, 4.69) is 5.32 Å². The van der Waals surface area contributed by atoms with Crippen molar-refractivity contribution < 1.29 is 18.5 Å². The topological polar surface area (TPSA) is 47.6 Å². The molecule has 2 aliphatic rings. The number of benzene rings is 1. The first-order chi connectivity index (χ1) is 9.23. The number of halogens is 1. The summed E-state index contributed by atoms with van der Waals surface area (Å²) in [4.78, 5) is 11.7. The lowest BCUT2D eigenvalue weighted by atomic mass is 9.75. The highest BCUT2D eigenvalue weighted by atomic mass is 19.1. The van der Waals surface area contributed by atoms with Gasteiger partial charge in [-0.25, -0.2) is 4.39 Å². The third kappa shape index (κ3) is 1.78. The molecule has 2 aliphatic heterocycles. The highest BCUT2D eigenvalue weighted by Gasteiger charge is 2.52. The summed E-state index contributed by atoms with van der Waals surface area (Å²) in [6, 6.07) is 2.93. The van der Waals surface area contributed by atoms with E-state index in [4.69, 9.17) is 9.31 Å². The molecule has 0 saturated carbocycles. The number of hydrogen-bond acceptors (Lipinski definition) is 3. The minimum Gasteiger partial charge on any atom is -0.399 e. The number of fused-ring (bicyclic) bond motifs is 1. The minimum atomic E-state index is -0.581. The van der Waals surface area contributed by atoms with Gasteiger partial charge in [0, 0.05) is 6.54 Å². The lowest BCUT2D eigenvalue weighted by Gasteiger charge is -2.32. The molecule has 0 spiro atoms. The first-order valence-corrected chi connectivity index (χ1v) is 6.68. The van der Waals surface area contributed by atoms with Gasteiger partial charge in [0.25, 0.3) is 5.91 Å². The summed E-state index contributed by atoms with van der Waals surface area (Å²) in [5.41, 5.74) is 0.536. The van der Waals surface area contributed by atoms with Gasteiger partial charge in [0.2, 0.25) is 0 Å². The third-order valence-corrected chi connectivity index (χ3v) is 4.46. The SMILES string of the molecule is CC1(C)OB(c2ccc(F)c3c2CNC3=O)OC1(C)C. The molecule has 0 bridgehead atoms. The Kier molecular flexibility index (Phi) is 2.75. The smallest absolute Gasteiger partial charge is 0.399 e. The zero-order valence-electron chi connectivity index (χ0n) is 12.0. The summed E-state index contributed by atoms with van der Waals surface area (Å²) < 4.78 is 25.7. The molecule has 4 nitrogen and oxygen atoms in total. The third-order valence-electron chi connectivity index (χ3n) is 4.46. The van der Waals surface area contributed by atoms with Crippen LogP contribution in [-0.4, -0.2) is 24.2 Å². The average Bonchev–Trinajstić information content (AvgIpc) is 2.80. The summed E-state index contributed by atoms with van der Waals surface area (Å²) in [6.45, 7) is 8.14. The van der Waals surface area contributed by atoms with Crippen LogP contribution in [0.1, 0.15) is 43.6 Å². The standard InChI is InChI=1S/C14H17BFNO3/c1-13(2)14(3,4)20-15(19-13)9-5-6-10(16)11-8(9)7-17-12(11)18/h5-6H,7H2,1-4H3,(H,17,18). The van der Waals surface area contributed by atoms with Gasteiger partial charge >= 0.3 is 7.12 Å². The van der Waals surface area contributed by atoms with Crippen molar-refractivity contribution in [1.82, 2.24) is 5.32 Å². The van der Waals surface area contributed by atoms with Gasteiger partial charge in [-0.1, -0.05) is 6.07 Å². The fourth-order valence-electron chi connectivity index (χ4n) is 2.52. The van der Waals surface area contributed by atoms with Gasteiger partial charge in [0.1, 0.15) is 5.82 Å². The molecule has 1 N–H and O–H groups in total. The predicted octanol–water partition coefficient (Wildman–Crippen LogP) is 1.37. The number of amides is 1. The molecule has 1 aromatic carbocycles. The second-order valence-corrected chi connectivity index (χ2v) is 6.26. The molecular formula is C14H17BFNO3. The van der Waals surface area contributed by atoms with Crippen LogP contribution < -0.4 is 10.8 Å². The largest absolute Gasteiger partial charge is 0.495 e. The zero-order chi connectivity index (χ0) is 14.7. The molecule has 106 valence electrons. The molecule has 0 radical (unpaired) electrons. The molecule has 0 atom stereocenters. The van der Waals surface area contributed by atoms with Crippen molar-refractivity contribution in [2.75, 3.05) is 0 Å². The number of hydrogen-bond donors (Lipinski definition) is 1. The molecule has 1 aromatic rings. The first-order valence-electron chi connectivity index (χ1n) is 6.68. The van der Waals surface area contributed by atoms with Crippen LogP contribution in [0.15, 0.2) is 12.1 Å². The van der Waals surface area contributed by atoms with Crippen LogP contribution in [0.4, 0.5) is 4.39 Å². The lowest BCUT2D eigenvalue weighted by Crippen LogP contribution is -2.41. The lowest BCUT2D eigenvalue weighted by molar-refractivity contribution is 0.00578. The van der Waals surface area contributed by atoms with Gasteiger partial charge in [0.05, 0.1) is 16.8 Å².